The average molecular weight is 449 g/mol. The third-order valence-corrected chi connectivity index (χ3v) is 6.45. The Balaban J connectivity index is 1.51. The van der Waals surface area contributed by atoms with Crippen molar-refractivity contribution in [2.75, 3.05) is 32.0 Å². The fourth-order valence-electron chi connectivity index (χ4n) is 4.74. The second kappa shape index (κ2) is 8.32. The van der Waals surface area contributed by atoms with Gasteiger partial charge >= 0.3 is 0 Å². The zero-order chi connectivity index (χ0) is 23.1. The van der Waals surface area contributed by atoms with Gasteiger partial charge < -0.3 is 20.4 Å². The SMILES string of the molecule is Nc1ccc2[nH]c3ncc(-c4ccc(C(=O)N5CCOCC5)cc4)c(-c4ccccc4)c3c2c1. The van der Waals surface area contributed by atoms with E-state index in [9.17, 15) is 4.79 Å². The molecule has 5 aromatic rings. The van der Waals surface area contributed by atoms with Crippen LogP contribution in [-0.4, -0.2) is 47.1 Å². The van der Waals surface area contributed by atoms with Gasteiger partial charge in [-0.3, -0.25) is 4.79 Å². The van der Waals surface area contributed by atoms with E-state index in [1.165, 1.54) is 0 Å². The molecule has 0 bridgehead atoms. The molecule has 3 N–H and O–H groups in total. The summed E-state index contributed by atoms with van der Waals surface area (Å²) in [4.78, 5) is 22.9. The Morgan fingerprint density at radius 2 is 1.71 bits per heavy atom. The average Bonchev–Trinajstić information content (AvgIpc) is 3.26. The molecule has 0 unspecified atom stereocenters. The number of nitrogens with one attached hydrogen (secondary N) is 1. The standard InChI is InChI=1S/C28H24N4O2/c29-21-10-11-24-22(16-21)26-25(19-4-2-1-3-5-19)23(17-30-27(26)31-24)18-6-8-20(9-7-18)28(33)32-12-14-34-15-13-32/h1-11,16-17H,12-15,29H2,(H,30,31). The smallest absolute Gasteiger partial charge is 0.254 e. The summed E-state index contributed by atoms with van der Waals surface area (Å²) in [7, 11) is 0. The highest BCUT2D eigenvalue weighted by Gasteiger charge is 2.20. The van der Waals surface area contributed by atoms with Crippen LogP contribution in [0.3, 0.4) is 0 Å². The van der Waals surface area contributed by atoms with Crippen LogP contribution in [0.15, 0.2) is 79.0 Å². The maximum absolute atomic E-state index is 12.9. The first-order chi connectivity index (χ1) is 16.7. The fraction of sp³-hybridized carbons (Fsp3) is 0.143. The topological polar surface area (TPSA) is 84.2 Å². The lowest BCUT2D eigenvalue weighted by Crippen LogP contribution is -2.40. The highest BCUT2D eigenvalue weighted by molar-refractivity contribution is 6.16. The van der Waals surface area contributed by atoms with Gasteiger partial charge in [-0.1, -0.05) is 42.5 Å². The van der Waals surface area contributed by atoms with E-state index in [-0.39, 0.29) is 5.91 Å². The van der Waals surface area contributed by atoms with E-state index in [1.54, 1.807) is 0 Å². The molecule has 34 heavy (non-hydrogen) atoms. The number of morpholine rings is 1. The van der Waals surface area contributed by atoms with E-state index in [0.717, 1.165) is 44.2 Å². The Kier molecular flexibility index (Phi) is 5.00. The summed E-state index contributed by atoms with van der Waals surface area (Å²) in [6.45, 7) is 2.43. The number of carbonyl (C=O) groups excluding carboxylic acids is 1. The summed E-state index contributed by atoms with van der Waals surface area (Å²) in [6, 6.07) is 24.0. The molecule has 1 aliphatic rings. The summed E-state index contributed by atoms with van der Waals surface area (Å²) < 4.78 is 5.37. The van der Waals surface area contributed by atoms with Crippen molar-refractivity contribution < 1.29 is 9.53 Å². The number of aromatic nitrogens is 2. The van der Waals surface area contributed by atoms with Gasteiger partial charge in [-0.25, -0.2) is 4.98 Å². The first-order valence-corrected chi connectivity index (χ1v) is 11.4. The monoisotopic (exact) mass is 448 g/mol. The predicted molar refractivity (Wildman–Crippen MR) is 136 cm³/mol. The summed E-state index contributed by atoms with van der Waals surface area (Å²) in [5.41, 5.74) is 13.6. The molecule has 1 saturated heterocycles. The third kappa shape index (κ3) is 3.49. The zero-order valence-corrected chi connectivity index (χ0v) is 18.6. The van der Waals surface area contributed by atoms with Gasteiger partial charge in [0.2, 0.25) is 0 Å². The number of pyridine rings is 1. The molecule has 1 aliphatic heterocycles. The fourth-order valence-corrected chi connectivity index (χ4v) is 4.74. The third-order valence-electron chi connectivity index (χ3n) is 6.45. The van der Waals surface area contributed by atoms with Crippen LogP contribution in [0.5, 0.6) is 0 Å². The zero-order valence-electron chi connectivity index (χ0n) is 18.6. The maximum atomic E-state index is 12.9. The van der Waals surface area contributed by atoms with Crippen LogP contribution in [0.4, 0.5) is 5.69 Å². The second-order valence-electron chi connectivity index (χ2n) is 8.55. The van der Waals surface area contributed by atoms with E-state index in [2.05, 4.69) is 17.1 Å². The summed E-state index contributed by atoms with van der Waals surface area (Å²) in [6.07, 6.45) is 1.90. The van der Waals surface area contributed by atoms with E-state index in [4.69, 9.17) is 15.5 Å². The number of H-pyrrole nitrogens is 1. The number of benzene rings is 3. The van der Waals surface area contributed by atoms with Gasteiger partial charge in [0, 0.05) is 58.0 Å². The lowest BCUT2D eigenvalue weighted by Gasteiger charge is -2.26. The molecule has 6 nitrogen and oxygen atoms in total. The number of ether oxygens (including phenoxy) is 1. The van der Waals surface area contributed by atoms with E-state index >= 15 is 0 Å². The van der Waals surface area contributed by atoms with E-state index in [1.807, 2.05) is 71.8 Å². The van der Waals surface area contributed by atoms with Crippen molar-refractivity contribution >= 4 is 33.5 Å². The van der Waals surface area contributed by atoms with Crippen LogP contribution in [0, 0.1) is 0 Å². The van der Waals surface area contributed by atoms with E-state index < -0.39 is 0 Å². The summed E-state index contributed by atoms with van der Waals surface area (Å²) in [5, 5.41) is 2.08. The number of nitrogens with zero attached hydrogens (tertiary/aromatic N) is 2. The number of hydrogen-bond acceptors (Lipinski definition) is 4. The number of hydrogen-bond donors (Lipinski definition) is 2. The maximum Gasteiger partial charge on any atom is 0.254 e. The van der Waals surface area contributed by atoms with Crippen molar-refractivity contribution in [1.82, 2.24) is 14.9 Å². The van der Waals surface area contributed by atoms with Crippen LogP contribution in [0.2, 0.25) is 0 Å². The second-order valence-corrected chi connectivity index (χ2v) is 8.55. The summed E-state index contributed by atoms with van der Waals surface area (Å²) in [5.74, 6) is 0.0406. The number of nitrogen functional groups attached to an aromatic ring is 1. The predicted octanol–water partition coefficient (Wildman–Crippen LogP) is 5.10. The van der Waals surface area contributed by atoms with E-state index in [0.29, 0.717) is 37.6 Å². The summed E-state index contributed by atoms with van der Waals surface area (Å²) >= 11 is 0. The molecule has 1 amide bonds. The van der Waals surface area contributed by atoms with Gasteiger partial charge in [0.1, 0.15) is 5.65 Å². The molecule has 0 aliphatic carbocycles. The molecule has 6 rings (SSSR count). The molecule has 0 radical (unpaired) electrons. The van der Waals surface area contributed by atoms with Gasteiger partial charge in [0.05, 0.1) is 13.2 Å². The molecule has 0 saturated carbocycles. The van der Waals surface area contributed by atoms with Crippen molar-refractivity contribution in [3.8, 4) is 22.3 Å². The van der Waals surface area contributed by atoms with Crippen LogP contribution < -0.4 is 5.73 Å². The molecular formula is C28H24N4O2. The quantitative estimate of drug-likeness (QED) is 0.376. The Morgan fingerprint density at radius 1 is 0.941 bits per heavy atom. The number of amides is 1. The van der Waals surface area contributed by atoms with Crippen molar-refractivity contribution in [2.24, 2.45) is 0 Å². The molecule has 6 heteroatoms. The molecule has 2 aromatic heterocycles. The largest absolute Gasteiger partial charge is 0.399 e. The Labute approximate surface area is 197 Å². The van der Waals surface area contributed by atoms with Crippen molar-refractivity contribution in [3.63, 3.8) is 0 Å². The Morgan fingerprint density at radius 3 is 2.47 bits per heavy atom. The van der Waals surface area contributed by atoms with Gasteiger partial charge in [0.25, 0.3) is 5.91 Å². The van der Waals surface area contributed by atoms with Gasteiger partial charge in [0.15, 0.2) is 0 Å². The molecular weight excluding hydrogens is 424 g/mol. The first kappa shape index (κ1) is 20.4. The van der Waals surface area contributed by atoms with Crippen molar-refractivity contribution in [3.05, 3.63) is 84.6 Å². The molecule has 1 fully saturated rings. The minimum atomic E-state index is 0.0406. The van der Waals surface area contributed by atoms with Crippen LogP contribution in [-0.2, 0) is 4.74 Å². The number of carbonyl (C=O) groups is 1. The van der Waals surface area contributed by atoms with Crippen LogP contribution in [0.25, 0.3) is 44.2 Å². The van der Waals surface area contributed by atoms with Gasteiger partial charge in [-0.05, 0) is 41.5 Å². The number of aromatic amines is 1. The molecule has 0 atom stereocenters. The first-order valence-electron chi connectivity index (χ1n) is 11.4. The highest BCUT2D eigenvalue weighted by Crippen LogP contribution is 2.40. The van der Waals surface area contributed by atoms with Gasteiger partial charge in [-0.15, -0.1) is 0 Å². The number of nitrogens with two attached hydrogens (primary N) is 1. The minimum absolute atomic E-state index is 0.0406. The molecule has 3 heterocycles. The molecule has 168 valence electrons. The van der Waals surface area contributed by atoms with Crippen LogP contribution in [0.1, 0.15) is 10.4 Å². The molecule has 0 spiro atoms. The Bertz CT molecular complexity index is 1500. The minimum Gasteiger partial charge on any atom is -0.399 e. The van der Waals surface area contributed by atoms with Crippen LogP contribution >= 0.6 is 0 Å². The lowest BCUT2D eigenvalue weighted by atomic mass is 9.92. The lowest BCUT2D eigenvalue weighted by molar-refractivity contribution is 0.0303. The van der Waals surface area contributed by atoms with Gasteiger partial charge in [-0.2, -0.15) is 0 Å². The number of rotatable bonds is 3. The highest BCUT2D eigenvalue weighted by atomic mass is 16.5. The van der Waals surface area contributed by atoms with Crippen molar-refractivity contribution in [2.45, 2.75) is 0 Å². The number of fused-ring (bicyclic) bond motifs is 3. The normalized spacial score (nSPS) is 14.1. The van der Waals surface area contributed by atoms with Crippen molar-refractivity contribution in [1.29, 1.82) is 0 Å². The Hall–Kier alpha value is -4.16. The molecule has 3 aromatic carbocycles. The number of anilines is 1.